The number of rotatable bonds is 3. The Hall–Kier alpha value is -1.02. The standard InChI is InChI=1S/C17H26N2/c1-13(2)15-6-9-19(10-7-15)12-14-3-4-16-5-8-18-17(16)11-14/h3-4,11,13,15,18H,5-10,12H2,1-2H3. The number of benzene rings is 1. The van der Waals surface area contributed by atoms with Crippen LogP contribution in [-0.2, 0) is 13.0 Å². The van der Waals surface area contributed by atoms with E-state index in [4.69, 9.17) is 0 Å². The lowest BCUT2D eigenvalue weighted by Gasteiger charge is -2.33. The van der Waals surface area contributed by atoms with Crippen molar-refractivity contribution in [3.63, 3.8) is 0 Å². The minimum atomic E-state index is 0.853. The molecule has 2 aliphatic rings. The van der Waals surface area contributed by atoms with E-state index in [2.05, 4.69) is 42.3 Å². The van der Waals surface area contributed by atoms with Crippen LogP contribution in [0.15, 0.2) is 18.2 Å². The van der Waals surface area contributed by atoms with E-state index in [1.165, 1.54) is 49.2 Å². The maximum Gasteiger partial charge on any atom is 0.0376 e. The molecule has 1 aromatic carbocycles. The first-order valence-corrected chi connectivity index (χ1v) is 7.80. The van der Waals surface area contributed by atoms with Crippen LogP contribution in [0.1, 0.15) is 37.8 Å². The van der Waals surface area contributed by atoms with Crippen molar-refractivity contribution in [3.8, 4) is 0 Å². The molecule has 0 bridgehead atoms. The van der Waals surface area contributed by atoms with E-state index in [-0.39, 0.29) is 0 Å². The molecule has 0 atom stereocenters. The Kier molecular flexibility index (Phi) is 3.79. The number of anilines is 1. The molecule has 1 aromatic rings. The normalized spacial score (nSPS) is 20.6. The van der Waals surface area contributed by atoms with Crippen LogP contribution in [-0.4, -0.2) is 24.5 Å². The molecule has 104 valence electrons. The number of fused-ring (bicyclic) bond motifs is 1. The van der Waals surface area contributed by atoms with Gasteiger partial charge in [-0.3, -0.25) is 4.90 Å². The van der Waals surface area contributed by atoms with Crippen LogP contribution in [0.25, 0.3) is 0 Å². The van der Waals surface area contributed by atoms with Gasteiger partial charge in [-0.2, -0.15) is 0 Å². The van der Waals surface area contributed by atoms with Crippen molar-refractivity contribution >= 4 is 5.69 Å². The number of hydrogen-bond donors (Lipinski definition) is 1. The molecular weight excluding hydrogens is 232 g/mol. The second kappa shape index (κ2) is 5.54. The van der Waals surface area contributed by atoms with Crippen LogP contribution in [0.5, 0.6) is 0 Å². The fourth-order valence-electron chi connectivity index (χ4n) is 3.47. The number of hydrogen-bond acceptors (Lipinski definition) is 2. The number of nitrogens with zero attached hydrogens (tertiary/aromatic N) is 1. The SMILES string of the molecule is CC(C)C1CCN(Cc2ccc3c(c2)NCC3)CC1. The maximum absolute atomic E-state index is 3.48. The van der Waals surface area contributed by atoms with E-state index >= 15 is 0 Å². The molecule has 1 fully saturated rings. The Labute approximate surface area is 117 Å². The van der Waals surface area contributed by atoms with Gasteiger partial charge in [-0.05, 0) is 61.4 Å². The highest BCUT2D eigenvalue weighted by Gasteiger charge is 2.21. The van der Waals surface area contributed by atoms with E-state index < -0.39 is 0 Å². The summed E-state index contributed by atoms with van der Waals surface area (Å²) in [5.41, 5.74) is 4.33. The van der Waals surface area contributed by atoms with Gasteiger partial charge in [0.15, 0.2) is 0 Å². The summed E-state index contributed by atoms with van der Waals surface area (Å²) in [5.74, 6) is 1.80. The van der Waals surface area contributed by atoms with Crippen molar-refractivity contribution in [2.75, 3.05) is 25.0 Å². The van der Waals surface area contributed by atoms with Gasteiger partial charge in [0.1, 0.15) is 0 Å². The molecule has 0 amide bonds. The second-order valence-electron chi connectivity index (χ2n) is 6.53. The van der Waals surface area contributed by atoms with Gasteiger partial charge in [-0.1, -0.05) is 26.0 Å². The average molecular weight is 258 g/mol. The second-order valence-corrected chi connectivity index (χ2v) is 6.53. The first-order chi connectivity index (χ1) is 9.22. The Morgan fingerprint density at radius 2 is 2.05 bits per heavy atom. The van der Waals surface area contributed by atoms with Crippen molar-refractivity contribution in [2.24, 2.45) is 11.8 Å². The van der Waals surface area contributed by atoms with Gasteiger partial charge >= 0.3 is 0 Å². The van der Waals surface area contributed by atoms with Gasteiger partial charge in [-0.15, -0.1) is 0 Å². The smallest absolute Gasteiger partial charge is 0.0376 e. The lowest BCUT2D eigenvalue weighted by molar-refractivity contribution is 0.152. The van der Waals surface area contributed by atoms with E-state index in [1.54, 1.807) is 0 Å². The molecule has 2 heteroatoms. The minimum absolute atomic E-state index is 0.853. The predicted molar refractivity (Wildman–Crippen MR) is 81.5 cm³/mol. The predicted octanol–water partition coefficient (Wildman–Crippen LogP) is 3.52. The Bertz CT molecular complexity index is 431. The first-order valence-electron chi connectivity index (χ1n) is 7.80. The number of nitrogens with one attached hydrogen (secondary N) is 1. The lowest BCUT2D eigenvalue weighted by Crippen LogP contribution is -2.34. The maximum atomic E-state index is 3.48. The number of likely N-dealkylation sites (tertiary alicyclic amines) is 1. The molecule has 19 heavy (non-hydrogen) atoms. The van der Waals surface area contributed by atoms with Crippen LogP contribution in [0.2, 0.25) is 0 Å². The molecule has 0 unspecified atom stereocenters. The summed E-state index contributed by atoms with van der Waals surface area (Å²) in [7, 11) is 0. The van der Waals surface area contributed by atoms with E-state index in [0.717, 1.165) is 24.9 Å². The third-order valence-electron chi connectivity index (χ3n) is 4.87. The van der Waals surface area contributed by atoms with Crippen molar-refractivity contribution in [1.29, 1.82) is 0 Å². The zero-order valence-corrected chi connectivity index (χ0v) is 12.3. The minimum Gasteiger partial charge on any atom is -0.384 e. The van der Waals surface area contributed by atoms with E-state index in [0.29, 0.717) is 0 Å². The molecule has 2 aliphatic heterocycles. The molecule has 0 aliphatic carbocycles. The highest BCUT2D eigenvalue weighted by Crippen LogP contribution is 2.27. The summed E-state index contributed by atoms with van der Waals surface area (Å²) in [6.07, 6.45) is 3.94. The molecule has 0 saturated carbocycles. The fourth-order valence-corrected chi connectivity index (χ4v) is 3.47. The zero-order valence-electron chi connectivity index (χ0n) is 12.3. The average Bonchev–Trinajstić information content (AvgIpc) is 2.87. The summed E-state index contributed by atoms with van der Waals surface area (Å²) >= 11 is 0. The van der Waals surface area contributed by atoms with Crippen LogP contribution in [0.3, 0.4) is 0 Å². The van der Waals surface area contributed by atoms with Crippen molar-refractivity contribution in [3.05, 3.63) is 29.3 Å². The van der Waals surface area contributed by atoms with Crippen molar-refractivity contribution in [1.82, 2.24) is 4.90 Å². The third kappa shape index (κ3) is 2.94. The van der Waals surface area contributed by atoms with E-state index in [9.17, 15) is 0 Å². The van der Waals surface area contributed by atoms with Gasteiger partial charge in [0, 0.05) is 18.8 Å². The lowest BCUT2D eigenvalue weighted by atomic mass is 9.86. The van der Waals surface area contributed by atoms with Crippen molar-refractivity contribution in [2.45, 2.75) is 39.7 Å². The van der Waals surface area contributed by atoms with Gasteiger partial charge < -0.3 is 5.32 Å². The summed E-state index contributed by atoms with van der Waals surface area (Å²) in [5, 5.41) is 3.48. The van der Waals surface area contributed by atoms with Crippen LogP contribution < -0.4 is 5.32 Å². The molecule has 2 nitrogen and oxygen atoms in total. The van der Waals surface area contributed by atoms with Gasteiger partial charge in [0.05, 0.1) is 0 Å². The molecule has 2 heterocycles. The number of piperidine rings is 1. The topological polar surface area (TPSA) is 15.3 Å². The Morgan fingerprint density at radius 3 is 2.79 bits per heavy atom. The highest BCUT2D eigenvalue weighted by molar-refractivity contribution is 5.57. The molecular formula is C17H26N2. The molecule has 1 N–H and O–H groups in total. The molecule has 0 spiro atoms. The summed E-state index contributed by atoms with van der Waals surface area (Å²) in [4.78, 5) is 2.62. The van der Waals surface area contributed by atoms with Crippen LogP contribution >= 0.6 is 0 Å². The third-order valence-corrected chi connectivity index (χ3v) is 4.87. The fraction of sp³-hybridized carbons (Fsp3) is 0.647. The molecule has 3 rings (SSSR count). The monoisotopic (exact) mass is 258 g/mol. The molecule has 0 radical (unpaired) electrons. The van der Waals surface area contributed by atoms with Gasteiger partial charge in [0.2, 0.25) is 0 Å². The molecule has 1 saturated heterocycles. The van der Waals surface area contributed by atoms with Crippen LogP contribution in [0.4, 0.5) is 5.69 Å². The van der Waals surface area contributed by atoms with Gasteiger partial charge in [-0.25, -0.2) is 0 Å². The highest BCUT2D eigenvalue weighted by atomic mass is 15.1. The first kappa shape index (κ1) is 13.0. The Morgan fingerprint density at radius 1 is 1.26 bits per heavy atom. The summed E-state index contributed by atoms with van der Waals surface area (Å²) in [6, 6.07) is 6.99. The van der Waals surface area contributed by atoms with E-state index in [1.807, 2.05) is 0 Å². The Balaban J connectivity index is 1.58. The quantitative estimate of drug-likeness (QED) is 0.892. The zero-order chi connectivity index (χ0) is 13.2. The van der Waals surface area contributed by atoms with Crippen LogP contribution in [0, 0.1) is 11.8 Å². The molecule has 0 aromatic heterocycles. The summed E-state index contributed by atoms with van der Waals surface area (Å²) < 4.78 is 0. The van der Waals surface area contributed by atoms with Gasteiger partial charge in [0.25, 0.3) is 0 Å². The van der Waals surface area contributed by atoms with Crippen molar-refractivity contribution < 1.29 is 0 Å². The largest absolute Gasteiger partial charge is 0.384 e. The summed E-state index contributed by atoms with van der Waals surface area (Å²) in [6.45, 7) is 9.51.